The Balaban J connectivity index is 0.00000243. The summed E-state index contributed by atoms with van der Waals surface area (Å²) in [4.78, 5) is 0. The fraction of sp³-hybridized carbons (Fsp3) is 0.250. The molecule has 0 N–H and O–H groups in total. The summed E-state index contributed by atoms with van der Waals surface area (Å²) in [6, 6.07) is 20.3. The maximum Gasteiger partial charge on any atom is -0.0119 e. The first-order chi connectivity index (χ1) is 11.9. The van der Waals surface area contributed by atoms with Crippen LogP contribution in [0.3, 0.4) is 0 Å². The van der Waals surface area contributed by atoms with Crippen LogP contribution in [0.4, 0.5) is 0 Å². The Bertz CT molecular complexity index is 805. The van der Waals surface area contributed by atoms with Crippen LogP contribution >= 0.6 is 24.9 Å². The standard InChI is InChI=1S/C24H27P.BrH/c1-16-10-7-13-22(19(16)4)25(23-14-8-11-17(2)20(23)5)24-15-9-12-18(3)21(24)6;/h7-15H,1-6H3;1H. The van der Waals surface area contributed by atoms with Crippen molar-refractivity contribution in [2.24, 2.45) is 0 Å². The fourth-order valence-electron chi connectivity index (χ4n) is 3.32. The van der Waals surface area contributed by atoms with Gasteiger partial charge in [0.15, 0.2) is 0 Å². The molecule has 0 aromatic heterocycles. The first-order valence-electron chi connectivity index (χ1n) is 8.90. The fourth-order valence-corrected chi connectivity index (χ4v) is 6.34. The molecule has 0 saturated carbocycles. The molecule has 0 amide bonds. The highest BCUT2D eigenvalue weighted by atomic mass is 79.9. The van der Waals surface area contributed by atoms with Crippen molar-refractivity contribution in [2.75, 3.05) is 0 Å². The molecule has 0 nitrogen and oxygen atoms in total. The highest BCUT2D eigenvalue weighted by molar-refractivity contribution is 8.93. The Kier molecular flexibility index (Phi) is 6.83. The van der Waals surface area contributed by atoms with E-state index in [0.717, 1.165) is 0 Å². The molecule has 3 aromatic rings. The molecule has 0 radical (unpaired) electrons. The molecule has 136 valence electrons. The van der Waals surface area contributed by atoms with Gasteiger partial charge in [-0.2, -0.15) is 0 Å². The molecule has 3 rings (SSSR count). The smallest absolute Gasteiger partial charge is 0.0119 e. The molecule has 0 aliphatic carbocycles. The lowest BCUT2D eigenvalue weighted by atomic mass is 10.1. The van der Waals surface area contributed by atoms with Crippen LogP contribution < -0.4 is 15.9 Å². The lowest BCUT2D eigenvalue weighted by Gasteiger charge is -2.26. The summed E-state index contributed by atoms with van der Waals surface area (Å²) in [5, 5.41) is 4.45. The summed E-state index contributed by atoms with van der Waals surface area (Å²) in [6.45, 7) is 13.5. The summed E-state index contributed by atoms with van der Waals surface area (Å²) in [5.74, 6) is 0. The first-order valence-corrected chi connectivity index (χ1v) is 10.2. The van der Waals surface area contributed by atoms with E-state index in [2.05, 4.69) is 96.1 Å². The molecule has 0 saturated heterocycles. The Morgan fingerprint density at radius 2 is 0.731 bits per heavy atom. The quantitative estimate of drug-likeness (QED) is 0.459. The van der Waals surface area contributed by atoms with Gasteiger partial charge in [-0.25, -0.2) is 0 Å². The molecule has 0 spiro atoms. The Labute approximate surface area is 170 Å². The lowest BCUT2D eigenvalue weighted by Crippen LogP contribution is -2.26. The number of hydrogen-bond acceptors (Lipinski definition) is 0. The second-order valence-corrected chi connectivity index (χ2v) is 9.11. The van der Waals surface area contributed by atoms with Gasteiger partial charge in [-0.3, -0.25) is 0 Å². The van der Waals surface area contributed by atoms with Crippen molar-refractivity contribution in [3.05, 3.63) is 88.0 Å². The van der Waals surface area contributed by atoms with Crippen LogP contribution in [0.1, 0.15) is 33.4 Å². The monoisotopic (exact) mass is 426 g/mol. The number of halogens is 1. The van der Waals surface area contributed by atoms with Gasteiger partial charge in [-0.1, -0.05) is 54.6 Å². The molecule has 0 aliphatic heterocycles. The third-order valence-corrected chi connectivity index (χ3v) is 8.35. The van der Waals surface area contributed by atoms with Gasteiger partial charge in [-0.05, 0) is 98.8 Å². The minimum absolute atomic E-state index is 0. The summed E-state index contributed by atoms with van der Waals surface area (Å²) in [6.07, 6.45) is 0. The third kappa shape index (κ3) is 3.80. The van der Waals surface area contributed by atoms with Gasteiger partial charge < -0.3 is 0 Å². The second kappa shape index (κ2) is 8.51. The van der Waals surface area contributed by atoms with E-state index in [1.165, 1.54) is 49.3 Å². The van der Waals surface area contributed by atoms with Crippen molar-refractivity contribution >= 4 is 40.8 Å². The molecule has 0 aliphatic rings. The maximum atomic E-state index is 2.33. The zero-order valence-corrected chi connectivity index (χ0v) is 19.2. The molecule has 0 heterocycles. The van der Waals surface area contributed by atoms with E-state index < -0.39 is 7.92 Å². The molecular formula is C24H28BrP. The Hall–Kier alpha value is -1.43. The van der Waals surface area contributed by atoms with Crippen LogP contribution in [0.15, 0.2) is 54.6 Å². The number of aryl methyl sites for hydroxylation is 3. The van der Waals surface area contributed by atoms with Crippen molar-refractivity contribution in [3.8, 4) is 0 Å². The number of rotatable bonds is 3. The van der Waals surface area contributed by atoms with Gasteiger partial charge in [0.2, 0.25) is 0 Å². The van der Waals surface area contributed by atoms with Gasteiger partial charge in [-0.15, -0.1) is 17.0 Å². The van der Waals surface area contributed by atoms with Crippen LogP contribution in [-0.2, 0) is 0 Å². The largest absolute Gasteiger partial charge is 0.114 e. The third-order valence-electron chi connectivity index (χ3n) is 5.45. The van der Waals surface area contributed by atoms with Crippen molar-refractivity contribution in [1.29, 1.82) is 0 Å². The molecule has 0 bridgehead atoms. The van der Waals surface area contributed by atoms with Gasteiger partial charge in [0.25, 0.3) is 0 Å². The number of benzene rings is 3. The zero-order valence-electron chi connectivity index (χ0n) is 16.6. The van der Waals surface area contributed by atoms with Crippen LogP contribution in [-0.4, -0.2) is 0 Å². The molecule has 0 fully saturated rings. The predicted octanol–water partition coefficient (Wildman–Crippen LogP) is 5.87. The minimum atomic E-state index is -0.557. The van der Waals surface area contributed by atoms with Crippen molar-refractivity contribution < 1.29 is 0 Å². The van der Waals surface area contributed by atoms with Crippen LogP contribution in [0.2, 0.25) is 0 Å². The number of hydrogen-bond donors (Lipinski definition) is 0. The van der Waals surface area contributed by atoms with Crippen LogP contribution in [0.25, 0.3) is 0 Å². The van der Waals surface area contributed by atoms with Gasteiger partial charge in [0.1, 0.15) is 0 Å². The highest BCUT2D eigenvalue weighted by Crippen LogP contribution is 2.37. The highest BCUT2D eigenvalue weighted by Gasteiger charge is 2.23. The molecule has 3 aromatic carbocycles. The lowest BCUT2D eigenvalue weighted by molar-refractivity contribution is 1.35. The molecule has 0 unspecified atom stereocenters. The normalized spacial score (nSPS) is 10.7. The molecule has 0 atom stereocenters. The van der Waals surface area contributed by atoms with E-state index in [-0.39, 0.29) is 17.0 Å². The maximum absolute atomic E-state index is 2.33. The van der Waals surface area contributed by atoms with Crippen LogP contribution in [0, 0.1) is 41.5 Å². The topological polar surface area (TPSA) is 0 Å². The summed E-state index contributed by atoms with van der Waals surface area (Å²) in [7, 11) is -0.557. The molecular weight excluding hydrogens is 399 g/mol. The second-order valence-electron chi connectivity index (χ2n) is 6.99. The van der Waals surface area contributed by atoms with E-state index in [9.17, 15) is 0 Å². The molecule has 26 heavy (non-hydrogen) atoms. The van der Waals surface area contributed by atoms with E-state index in [4.69, 9.17) is 0 Å². The summed E-state index contributed by atoms with van der Waals surface area (Å²) >= 11 is 0. The average Bonchev–Trinajstić information content (AvgIpc) is 2.59. The predicted molar refractivity (Wildman–Crippen MR) is 124 cm³/mol. The van der Waals surface area contributed by atoms with Crippen molar-refractivity contribution in [1.82, 2.24) is 0 Å². The van der Waals surface area contributed by atoms with E-state index in [0.29, 0.717) is 0 Å². The Morgan fingerprint density at radius 3 is 1.00 bits per heavy atom. The SMILES string of the molecule is Br.Cc1cccc(P(c2cccc(C)c2C)c2cccc(C)c2C)c1C. The van der Waals surface area contributed by atoms with Gasteiger partial charge in [0, 0.05) is 0 Å². The summed E-state index contributed by atoms with van der Waals surface area (Å²) < 4.78 is 0. The van der Waals surface area contributed by atoms with E-state index in [1.807, 2.05) is 0 Å². The summed E-state index contributed by atoms with van der Waals surface area (Å²) in [5.41, 5.74) is 8.41. The average molecular weight is 427 g/mol. The van der Waals surface area contributed by atoms with Gasteiger partial charge >= 0.3 is 0 Å². The Morgan fingerprint density at radius 1 is 0.462 bits per heavy atom. The van der Waals surface area contributed by atoms with Gasteiger partial charge in [0.05, 0.1) is 0 Å². The van der Waals surface area contributed by atoms with E-state index >= 15 is 0 Å². The first kappa shape index (κ1) is 20.9. The molecule has 2 heteroatoms. The van der Waals surface area contributed by atoms with Crippen LogP contribution in [0.5, 0.6) is 0 Å². The minimum Gasteiger partial charge on any atom is -0.114 e. The van der Waals surface area contributed by atoms with E-state index in [1.54, 1.807) is 0 Å². The zero-order chi connectivity index (χ0) is 18.1. The van der Waals surface area contributed by atoms with Crippen molar-refractivity contribution in [3.63, 3.8) is 0 Å². The van der Waals surface area contributed by atoms with Crippen molar-refractivity contribution in [2.45, 2.75) is 41.5 Å².